The van der Waals surface area contributed by atoms with Crippen LogP contribution in [0.3, 0.4) is 0 Å². The van der Waals surface area contributed by atoms with Gasteiger partial charge in [0, 0.05) is 13.1 Å². The first-order valence-corrected chi connectivity index (χ1v) is 5.06. The van der Waals surface area contributed by atoms with E-state index in [-0.39, 0.29) is 0 Å². The molecule has 3 heteroatoms. The second kappa shape index (κ2) is 4.14. The van der Waals surface area contributed by atoms with E-state index in [1.165, 1.54) is 5.57 Å². The van der Waals surface area contributed by atoms with Crippen LogP contribution in [0.1, 0.15) is 19.0 Å². The largest absolute Gasteiger partial charge is 0.366 e. The molecule has 1 aromatic heterocycles. The smallest absolute Gasteiger partial charge is 0.140 e. The van der Waals surface area contributed by atoms with Gasteiger partial charge in [-0.2, -0.15) is 5.26 Å². The Morgan fingerprint density at radius 3 is 2.93 bits per heavy atom. The van der Waals surface area contributed by atoms with Gasteiger partial charge in [-0.3, -0.25) is 0 Å². The summed E-state index contributed by atoms with van der Waals surface area (Å²) in [5.41, 5.74) is 2.97. The molecule has 3 nitrogen and oxygen atoms in total. The molecule has 0 fully saturated rings. The monoisotopic (exact) mass is 199 g/mol. The van der Waals surface area contributed by atoms with E-state index >= 15 is 0 Å². The lowest BCUT2D eigenvalue weighted by atomic mass is 10.1. The van der Waals surface area contributed by atoms with Crippen LogP contribution in [0.15, 0.2) is 30.0 Å². The molecule has 0 unspecified atom stereocenters. The lowest BCUT2D eigenvalue weighted by molar-refractivity contribution is 0.789. The van der Waals surface area contributed by atoms with Gasteiger partial charge in [-0.1, -0.05) is 11.6 Å². The van der Waals surface area contributed by atoms with E-state index in [4.69, 9.17) is 5.26 Å². The Morgan fingerprint density at radius 2 is 2.33 bits per heavy atom. The maximum atomic E-state index is 8.65. The van der Waals surface area contributed by atoms with Crippen molar-refractivity contribution in [3.8, 4) is 6.07 Å². The normalized spacial score (nSPS) is 15.7. The van der Waals surface area contributed by atoms with Gasteiger partial charge in [0.2, 0.25) is 0 Å². The Labute approximate surface area is 89.7 Å². The summed E-state index contributed by atoms with van der Waals surface area (Å²) in [6.07, 6.45) is 5.14. The Morgan fingerprint density at radius 1 is 1.47 bits per heavy atom. The zero-order chi connectivity index (χ0) is 10.7. The van der Waals surface area contributed by atoms with Gasteiger partial charge >= 0.3 is 0 Å². The molecule has 15 heavy (non-hydrogen) atoms. The Kier molecular flexibility index (Phi) is 2.68. The van der Waals surface area contributed by atoms with Gasteiger partial charge in [0.25, 0.3) is 0 Å². The fraction of sp³-hybridized carbons (Fsp3) is 0.333. The number of nitriles is 1. The fourth-order valence-electron chi connectivity index (χ4n) is 1.77. The maximum Gasteiger partial charge on any atom is 0.140 e. The first-order valence-electron chi connectivity index (χ1n) is 5.06. The van der Waals surface area contributed by atoms with Crippen LogP contribution < -0.4 is 4.90 Å². The molecule has 2 rings (SSSR count). The van der Waals surface area contributed by atoms with Crippen molar-refractivity contribution in [2.45, 2.75) is 13.3 Å². The third-order valence-electron chi connectivity index (χ3n) is 2.56. The summed E-state index contributed by atoms with van der Waals surface area (Å²) in [4.78, 5) is 6.36. The predicted molar refractivity (Wildman–Crippen MR) is 59.5 cm³/mol. The van der Waals surface area contributed by atoms with E-state index in [2.05, 4.69) is 22.9 Å². The van der Waals surface area contributed by atoms with Crippen LogP contribution in [0.2, 0.25) is 0 Å². The molecule has 0 aromatic carbocycles. The Balaban J connectivity index is 2.17. The summed E-state index contributed by atoms with van der Waals surface area (Å²) >= 11 is 0. The van der Waals surface area contributed by atoms with Gasteiger partial charge in [0.15, 0.2) is 0 Å². The lowest BCUT2D eigenvalue weighted by Crippen LogP contribution is -2.29. The van der Waals surface area contributed by atoms with E-state index < -0.39 is 0 Å². The van der Waals surface area contributed by atoms with Crippen LogP contribution in [0.5, 0.6) is 0 Å². The first-order chi connectivity index (χ1) is 7.29. The maximum absolute atomic E-state index is 8.65. The molecule has 0 aliphatic carbocycles. The summed E-state index contributed by atoms with van der Waals surface area (Å²) in [6.45, 7) is 4.14. The van der Waals surface area contributed by atoms with E-state index in [1.807, 2.05) is 12.1 Å². The molecule has 0 spiro atoms. The molecule has 0 N–H and O–H groups in total. The van der Waals surface area contributed by atoms with Gasteiger partial charge < -0.3 is 4.90 Å². The molecule has 1 aliphatic rings. The van der Waals surface area contributed by atoms with Crippen LogP contribution in [-0.2, 0) is 0 Å². The minimum atomic E-state index is 0.475. The topological polar surface area (TPSA) is 39.9 Å². The summed E-state index contributed by atoms with van der Waals surface area (Å²) in [5.74, 6) is 0. The highest BCUT2D eigenvalue weighted by Gasteiger charge is 2.10. The summed E-state index contributed by atoms with van der Waals surface area (Å²) in [7, 11) is 0. The fourth-order valence-corrected chi connectivity index (χ4v) is 1.77. The number of nitrogens with zero attached hydrogens (tertiary/aromatic N) is 3. The quantitative estimate of drug-likeness (QED) is 0.650. The highest BCUT2D eigenvalue weighted by molar-refractivity contribution is 5.48. The second-order valence-electron chi connectivity index (χ2n) is 3.77. The van der Waals surface area contributed by atoms with Gasteiger partial charge in [0.05, 0.1) is 11.9 Å². The van der Waals surface area contributed by atoms with Crippen molar-refractivity contribution in [1.82, 2.24) is 4.98 Å². The predicted octanol–water partition coefficient (Wildman–Crippen LogP) is 2.11. The van der Waals surface area contributed by atoms with Crippen molar-refractivity contribution in [3.63, 3.8) is 0 Å². The van der Waals surface area contributed by atoms with Crippen LogP contribution in [0, 0.1) is 11.3 Å². The number of anilines is 1. The molecule has 0 saturated heterocycles. The number of aromatic nitrogens is 1. The average molecular weight is 199 g/mol. The standard InChI is InChI=1S/C12H13N3/c1-10-3-2-6-15(9-10)12-5-4-11(7-13)14-8-12/h3-5,8H,2,6,9H2,1H3. The van der Waals surface area contributed by atoms with E-state index in [0.717, 1.165) is 25.2 Å². The highest BCUT2D eigenvalue weighted by atomic mass is 15.1. The molecule has 0 radical (unpaired) electrons. The zero-order valence-electron chi connectivity index (χ0n) is 8.77. The molecule has 76 valence electrons. The second-order valence-corrected chi connectivity index (χ2v) is 3.77. The van der Waals surface area contributed by atoms with E-state index in [0.29, 0.717) is 5.69 Å². The van der Waals surface area contributed by atoms with Gasteiger partial charge in [0.1, 0.15) is 11.8 Å². The molecule has 0 bridgehead atoms. The Bertz CT molecular complexity index is 411. The molecule has 0 atom stereocenters. The van der Waals surface area contributed by atoms with Crippen LogP contribution in [0.4, 0.5) is 5.69 Å². The number of hydrogen-bond acceptors (Lipinski definition) is 3. The molecule has 2 heterocycles. The molecular weight excluding hydrogens is 186 g/mol. The summed E-state index contributed by atoms with van der Waals surface area (Å²) in [6, 6.07) is 5.75. The number of rotatable bonds is 1. The number of hydrogen-bond donors (Lipinski definition) is 0. The van der Waals surface area contributed by atoms with Crippen molar-refractivity contribution in [2.75, 3.05) is 18.0 Å². The third kappa shape index (κ3) is 2.16. The summed E-state index contributed by atoms with van der Waals surface area (Å²) < 4.78 is 0. The summed E-state index contributed by atoms with van der Waals surface area (Å²) in [5, 5.41) is 8.65. The zero-order valence-corrected chi connectivity index (χ0v) is 8.77. The SMILES string of the molecule is CC1=CCCN(c2ccc(C#N)nc2)C1. The average Bonchev–Trinajstić information content (AvgIpc) is 2.29. The number of pyridine rings is 1. The molecular formula is C12H13N3. The van der Waals surface area contributed by atoms with Gasteiger partial charge in [-0.05, 0) is 25.5 Å². The van der Waals surface area contributed by atoms with Crippen LogP contribution in [0.25, 0.3) is 0 Å². The molecule has 1 aromatic rings. The van der Waals surface area contributed by atoms with E-state index in [1.54, 1.807) is 12.3 Å². The van der Waals surface area contributed by atoms with Crippen LogP contribution >= 0.6 is 0 Å². The lowest BCUT2D eigenvalue weighted by Gasteiger charge is -2.27. The highest BCUT2D eigenvalue weighted by Crippen LogP contribution is 2.18. The van der Waals surface area contributed by atoms with E-state index in [9.17, 15) is 0 Å². The Hall–Kier alpha value is -1.82. The molecule has 1 aliphatic heterocycles. The van der Waals surface area contributed by atoms with Crippen molar-refractivity contribution in [1.29, 1.82) is 5.26 Å². The minimum absolute atomic E-state index is 0.475. The van der Waals surface area contributed by atoms with Crippen molar-refractivity contribution in [3.05, 3.63) is 35.7 Å². The van der Waals surface area contributed by atoms with Crippen LogP contribution in [-0.4, -0.2) is 18.1 Å². The third-order valence-corrected chi connectivity index (χ3v) is 2.56. The molecule has 0 amide bonds. The van der Waals surface area contributed by atoms with Gasteiger partial charge in [-0.25, -0.2) is 4.98 Å². The molecule has 0 saturated carbocycles. The van der Waals surface area contributed by atoms with Crippen molar-refractivity contribution < 1.29 is 0 Å². The minimum Gasteiger partial charge on any atom is -0.366 e. The first kappa shape index (κ1) is 9.72. The van der Waals surface area contributed by atoms with Gasteiger partial charge in [-0.15, -0.1) is 0 Å². The van der Waals surface area contributed by atoms with Crippen molar-refractivity contribution in [2.24, 2.45) is 0 Å². The van der Waals surface area contributed by atoms with Crippen molar-refractivity contribution >= 4 is 5.69 Å².